The maximum atomic E-state index is 13.4. The number of pyridine rings is 2. The molecular formula is C44H48F6N6OS. The van der Waals surface area contributed by atoms with Gasteiger partial charge in [0.1, 0.15) is 4.99 Å². The zero-order valence-electron chi connectivity index (χ0n) is 32.2. The van der Waals surface area contributed by atoms with Gasteiger partial charge in [-0.3, -0.25) is 14.8 Å². The number of carbonyl (C=O) groups excluding carboxylic acids is 1. The minimum Gasteiger partial charge on any atom is -0.367 e. The maximum absolute atomic E-state index is 13.4. The number of anilines is 4. The molecule has 4 aromatic rings. The summed E-state index contributed by atoms with van der Waals surface area (Å²) < 4.78 is 80.2. The van der Waals surface area contributed by atoms with Crippen LogP contribution in [0.4, 0.5) is 49.1 Å². The van der Waals surface area contributed by atoms with Crippen molar-refractivity contribution in [2.75, 3.05) is 33.5 Å². The molecule has 308 valence electrons. The van der Waals surface area contributed by atoms with Gasteiger partial charge < -0.3 is 20.4 Å². The number of piperidine rings is 2. The molecule has 2 aliphatic carbocycles. The van der Waals surface area contributed by atoms with Crippen molar-refractivity contribution in [2.45, 2.75) is 101 Å². The summed E-state index contributed by atoms with van der Waals surface area (Å²) in [4.78, 5) is 25.4. The molecule has 8 rings (SSSR count). The number of hydrogen-bond acceptors (Lipinski definition) is 6. The van der Waals surface area contributed by atoms with Crippen molar-refractivity contribution in [3.63, 3.8) is 0 Å². The van der Waals surface area contributed by atoms with Crippen LogP contribution in [0, 0.1) is 11.8 Å². The van der Waals surface area contributed by atoms with E-state index in [-0.39, 0.29) is 5.69 Å². The average molecular weight is 823 g/mol. The Bertz CT molecular complexity index is 1880. The number of aromatic nitrogens is 2. The molecule has 2 saturated carbocycles. The fourth-order valence-corrected chi connectivity index (χ4v) is 9.62. The second kappa shape index (κ2) is 18.0. The van der Waals surface area contributed by atoms with Crippen LogP contribution >= 0.6 is 12.2 Å². The number of halogens is 6. The molecule has 0 radical (unpaired) electrons. The zero-order valence-corrected chi connectivity index (χ0v) is 33.0. The van der Waals surface area contributed by atoms with E-state index in [1.54, 1.807) is 42.7 Å². The van der Waals surface area contributed by atoms with Crippen molar-refractivity contribution < 1.29 is 31.1 Å². The second-order valence-electron chi connectivity index (χ2n) is 15.7. The summed E-state index contributed by atoms with van der Waals surface area (Å²) >= 11 is 5.48. The van der Waals surface area contributed by atoms with E-state index in [2.05, 4.69) is 30.4 Å². The summed E-state index contributed by atoms with van der Waals surface area (Å²) in [5.74, 6) is 0.758. The lowest BCUT2D eigenvalue weighted by atomic mass is 9.78. The van der Waals surface area contributed by atoms with Crippen LogP contribution in [0.15, 0.2) is 85.5 Å². The van der Waals surface area contributed by atoms with E-state index in [9.17, 15) is 31.1 Å². The van der Waals surface area contributed by atoms with Gasteiger partial charge in [0, 0.05) is 61.1 Å². The number of alkyl halides is 6. The third kappa shape index (κ3) is 9.76. The number of benzene rings is 2. The Morgan fingerprint density at radius 1 is 0.569 bits per heavy atom. The maximum Gasteiger partial charge on any atom is 0.416 e. The van der Waals surface area contributed by atoms with E-state index in [4.69, 9.17) is 12.2 Å². The Morgan fingerprint density at radius 3 is 1.45 bits per heavy atom. The highest BCUT2D eigenvalue weighted by molar-refractivity contribution is 7.81. The first kappa shape index (κ1) is 41.4. The van der Waals surface area contributed by atoms with Crippen molar-refractivity contribution >= 4 is 45.9 Å². The van der Waals surface area contributed by atoms with E-state index >= 15 is 0 Å². The quantitative estimate of drug-likeness (QED) is 0.148. The van der Waals surface area contributed by atoms with E-state index in [0.717, 1.165) is 68.6 Å². The molecule has 0 bridgehead atoms. The van der Waals surface area contributed by atoms with Crippen molar-refractivity contribution in [1.82, 2.24) is 9.97 Å². The average Bonchev–Trinajstić information content (AvgIpc) is 3.23. The first-order valence-electron chi connectivity index (χ1n) is 20.3. The van der Waals surface area contributed by atoms with Gasteiger partial charge in [0.05, 0.1) is 33.9 Å². The first-order chi connectivity index (χ1) is 27.9. The molecular weight excluding hydrogens is 775 g/mol. The minimum absolute atomic E-state index is 0.216. The molecule has 4 aliphatic rings. The summed E-state index contributed by atoms with van der Waals surface area (Å²) in [5.41, 5.74) is 1.79. The fourth-order valence-electron chi connectivity index (χ4n) is 9.37. The molecule has 14 heteroatoms. The molecule has 2 aliphatic heterocycles. The Balaban J connectivity index is 0.000000177. The molecule has 4 fully saturated rings. The van der Waals surface area contributed by atoms with Crippen LogP contribution in [-0.4, -0.2) is 46.0 Å². The van der Waals surface area contributed by atoms with Crippen LogP contribution in [-0.2, 0) is 12.4 Å². The number of carbonyl (C=O) groups is 1. The van der Waals surface area contributed by atoms with Crippen LogP contribution in [0.3, 0.4) is 0 Å². The number of rotatable bonds is 6. The van der Waals surface area contributed by atoms with Gasteiger partial charge in [-0.25, -0.2) is 0 Å². The Morgan fingerprint density at radius 2 is 0.983 bits per heavy atom. The van der Waals surface area contributed by atoms with Gasteiger partial charge >= 0.3 is 12.4 Å². The van der Waals surface area contributed by atoms with Crippen molar-refractivity contribution in [3.05, 3.63) is 108 Å². The number of fused-ring (bicyclic) bond motifs is 2. The van der Waals surface area contributed by atoms with Crippen molar-refractivity contribution in [3.8, 4) is 0 Å². The molecule has 2 N–H and O–H groups in total. The molecule has 2 aromatic carbocycles. The highest BCUT2D eigenvalue weighted by Crippen LogP contribution is 2.44. The van der Waals surface area contributed by atoms with Crippen LogP contribution in [0.5, 0.6) is 0 Å². The molecule has 2 aromatic heterocycles. The lowest BCUT2D eigenvalue weighted by Crippen LogP contribution is -2.47. The largest absolute Gasteiger partial charge is 0.416 e. The number of nitrogens with one attached hydrogen (secondary N) is 2. The Kier molecular flexibility index (Phi) is 12.9. The van der Waals surface area contributed by atoms with Gasteiger partial charge in [-0.2, -0.15) is 26.3 Å². The molecule has 58 heavy (non-hydrogen) atoms. The molecule has 4 heterocycles. The summed E-state index contributed by atoms with van der Waals surface area (Å²) in [6.07, 6.45) is 11.1. The highest BCUT2D eigenvalue weighted by Gasteiger charge is 2.38. The molecule has 0 unspecified atom stereocenters. The summed E-state index contributed by atoms with van der Waals surface area (Å²) in [6.45, 7) is 1.66. The molecule has 4 atom stereocenters. The first-order valence-corrected chi connectivity index (χ1v) is 20.7. The lowest BCUT2D eigenvalue weighted by molar-refractivity contribution is -0.138. The summed E-state index contributed by atoms with van der Waals surface area (Å²) in [5, 5.41) is 5.82. The number of thiocarbonyl (C=S) groups is 1. The topological polar surface area (TPSA) is 73.4 Å². The number of amides is 1. The smallest absolute Gasteiger partial charge is 0.367 e. The molecule has 7 nitrogen and oxygen atoms in total. The number of nitrogens with zero attached hydrogens (tertiary/aromatic N) is 4. The van der Waals surface area contributed by atoms with Gasteiger partial charge in [0.25, 0.3) is 5.91 Å². The van der Waals surface area contributed by atoms with E-state index in [1.165, 1.54) is 75.5 Å². The zero-order chi connectivity index (χ0) is 40.9. The molecule has 2 saturated heterocycles. The van der Waals surface area contributed by atoms with E-state index in [1.807, 2.05) is 0 Å². The number of hydrogen-bond donors (Lipinski definition) is 2. The second-order valence-corrected chi connectivity index (χ2v) is 16.1. The SMILES string of the molecule is FC(F)(F)c1ccc(N2CCC[C@H]3CCCC[C@@H]32)c(NC(=S)c2ccncc2)c1.O=C(Nc1cc(C(F)(F)F)ccc1N1CCC[C@H]2CCCC[C@@H]21)c1ccncc1. The lowest BCUT2D eigenvalue weighted by Gasteiger charge is -2.46. The minimum atomic E-state index is -4.47. The van der Waals surface area contributed by atoms with Crippen LogP contribution in [0.2, 0.25) is 0 Å². The fraction of sp³-hybridized carbons (Fsp3) is 0.455. The van der Waals surface area contributed by atoms with Gasteiger partial charge in [0.15, 0.2) is 0 Å². The Labute approximate surface area is 340 Å². The monoisotopic (exact) mass is 822 g/mol. The highest BCUT2D eigenvalue weighted by atomic mass is 32.1. The van der Waals surface area contributed by atoms with Crippen molar-refractivity contribution in [1.29, 1.82) is 0 Å². The molecule has 1 amide bonds. The van der Waals surface area contributed by atoms with Crippen LogP contribution in [0.25, 0.3) is 0 Å². The summed E-state index contributed by atoms with van der Waals surface area (Å²) in [7, 11) is 0. The van der Waals surface area contributed by atoms with Crippen molar-refractivity contribution in [2.24, 2.45) is 11.8 Å². The van der Waals surface area contributed by atoms with Gasteiger partial charge in [-0.05, 0) is 124 Å². The standard InChI is InChI=1S/C22H24F3N3O.C22H24F3N3S/c2*23-22(24,25)17-7-8-20(28-13-3-5-15-4-1-2-6-19(15)28)18(14-17)27-21(29)16-9-11-26-12-10-16/h2*7-12,14-15,19H,1-6,13H2,(H,27,29)/t2*15-,19+/m11/s1. The third-order valence-electron chi connectivity index (χ3n) is 12.1. The predicted molar refractivity (Wildman–Crippen MR) is 219 cm³/mol. The Hall–Kier alpha value is -4.72. The van der Waals surface area contributed by atoms with Gasteiger partial charge in [-0.1, -0.05) is 37.9 Å². The molecule has 0 spiro atoms. The van der Waals surface area contributed by atoms with E-state index < -0.39 is 29.4 Å². The van der Waals surface area contributed by atoms with Crippen LogP contribution < -0.4 is 20.4 Å². The van der Waals surface area contributed by atoms with Gasteiger partial charge in [0.2, 0.25) is 0 Å². The summed E-state index contributed by atoms with van der Waals surface area (Å²) in [6, 6.07) is 15.0. The van der Waals surface area contributed by atoms with E-state index in [0.29, 0.717) is 45.8 Å². The third-order valence-corrected chi connectivity index (χ3v) is 12.5. The van der Waals surface area contributed by atoms with Crippen LogP contribution in [0.1, 0.15) is 104 Å². The van der Waals surface area contributed by atoms with Gasteiger partial charge in [-0.15, -0.1) is 0 Å². The normalized spacial score (nSPS) is 22.1. The predicted octanol–water partition coefficient (Wildman–Crippen LogP) is 11.6.